The predicted molar refractivity (Wildman–Crippen MR) is 118 cm³/mol. The highest BCUT2D eigenvalue weighted by Crippen LogP contribution is 2.33. The van der Waals surface area contributed by atoms with Crippen LogP contribution in [0.5, 0.6) is 0 Å². The number of fused-ring (bicyclic) bond motifs is 1. The van der Waals surface area contributed by atoms with Gasteiger partial charge in [-0.25, -0.2) is 15.0 Å². The standard InChI is InChI=1S/C24H25N5/c1-18-8-7-11-20-22(18)24(27-23(26-20)19-9-3-2-4-10-19)29-16-14-28(15-17-29)21-12-5-6-13-25-21/h2-13,18,22H,14-17H2,1H3. The Balaban J connectivity index is 1.43. The van der Waals surface area contributed by atoms with Gasteiger partial charge in [-0.3, -0.25) is 0 Å². The zero-order chi connectivity index (χ0) is 19.6. The Kier molecular flexibility index (Phi) is 4.72. The summed E-state index contributed by atoms with van der Waals surface area (Å²) in [5.74, 6) is 3.65. The van der Waals surface area contributed by atoms with E-state index in [1.807, 2.05) is 30.5 Å². The Morgan fingerprint density at radius 3 is 2.38 bits per heavy atom. The third-order valence-electron chi connectivity index (χ3n) is 5.87. The lowest BCUT2D eigenvalue weighted by Gasteiger charge is -2.41. The van der Waals surface area contributed by atoms with Gasteiger partial charge in [0.2, 0.25) is 0 Å². The zero-order valence-corrected chi connectivity index (χ0v) is 16.6. The van der Waals surface area contributed by atoms with Crippen LogP contribution in [0.15, 0.2) is 88.6 Å². The monoisotopic (exact) mass is 383 g/mol. The molecule has 0 amide bonds. The molecule has 5 rings (SSSR count). The van der Waals surface area contributed by atoms with Crippen LogP contribution >= 0.6 is 0 Å². The van der Waals surface area contributed by atoms with Gasteiger partial charge in [-0.15, -0.1) is 0 Å². The quantitative estimate of drug-likeness (QED) is 0.793. The number of anilines is 1. The summed E-state index contributed by atoms with van der Waals surface area (Å²) in [6.45, 7) is 6.04. The third kappa shape index (κ3) is 3.48. The summed E-state index contributed by atoms with van der Waals surface area (Å²) in [5, 5.41) is 0. The van der Waals surface area contributed by atoms with E-state index in [0.717, 1.165) is 54.9 Å². The molecule has 1 aromatic carbocycles. The summed E-state index contributed by atoms with van der Waals surface area (Å²) in [5.41, 5.74) is 2.19. The maximum atomic E-state index is 5.09. The Bertz CT molecular complexity index is 982. The summed E-state index contributed by atoms with van der Waals surface area (Å²) in [7, 11) is 0. The molecule has 2 aliphatic heterocycles. The zero-order valence-electron chi connectivity index (χ0n) is 16.6. The van der Waals surface area contributed by atoms with E-state index < -0.39 is 0 Å². The summed E-state index contributed by atoms with van der Waals surface area (Å²) in [4.78, 5) is 19.3. The number of rotatable bonds is 2. The lowest BCUT2D eigenvalue weighted by molar-refractivity contribution is 0.358. The minimum absolute atomic E-state index is 0.230. The van der Waals surface area contributed by atoms with Crippen molar-refractivity contribution in [3.05, 3.63) is 84.2 Å². The molecule has 3 heterocycles. The van der Waals surface area contributed by atoms with E-state index in [4.69, 9.17) is 9.98 Å². The maximum absolute atomic E-state index is 5.09. The van der Waals surface area contributed by atoms with Crippen LogP contribution in [0.25, 0.3) is 0 Å². The predicted octanol–water partition coefficient (Wildman–Crippen LogP) is 3.77. The normalized spacial score (nSPS) is 23.8. The second kappa shape index (κ2) is 7.66. The van der Waals surface area contributed by atoms with Gasteiger partial charge in [-0.05, 0) is 24.1 Å². The lowest BCUT2D eigenvalue weighted by atomic mass is 9.84. The first-order valence-electron chi connectivity index (χ1n) is 10.3. The van der Waals surface area contributed by atoms with E-state index in [1.165, 1.54) is 0 Å². The highest BCUT2D eigenvalue weighted by Gasteiger charge is 2.35. The largest absolute Gasteiger partial charge is 0.356 e. The number of aliphatic imine (C=N–C) groups is 2. The van der Waals surface area contributed by atoms with Crippen LogP contribution in [0.3, 0.4) is 0 Å². The van der Waals surface area contributed by atoms with Gasteiger partial charge in [0.15, 0.2) is 5.84 Å². The molecular formula is C24H25N5. The fourth-order valence-corrected chi connectivity index (χ4v) is 4.30. The molecule has 0 N–H and O–H groups in total. The van der Waals surface area contributed by atoms with E-state index in [1.54, 1.807) is 0 Å². The average molecular weight is 383 g/mol. The second-order valence-corrected chi connectivity index (χ2v) is 7.75. The minimum Gasteiger partial charge on any atom is -0.356 e. The van der Waals surface area contributed by atoms with Crippen molar-refractivity contribution in [1.82, 2.24) is 9.88 Å². The molecule has 1 aromatic heterocycles. The van der Waals surface area contributed by atoms with Crippen LogP contribution in [0.2, 0.25) is 0 Å². The Labute approximate surface area is 171 Å². The average Bonchev–Trinajstić information content (AvgIpc) is 2.80. The molecule has 1 saturated heterocycles. The van der Waals surface area contributed by atoms with Crippen molar-refractivity contribution in [3.8, 4) is 0 Å². The van der Waals surface area contributed by atoms with Crippen molar-refractivity contribution >= 4 is 17.5 Å². The molecular weight excluding hydrogens is 358 g/mol. The molecule has 0 saturated carbocycles. The molecule has 1 fully saturated rings. The molecule has 29 heavy (non-hydrogen) atoms. The van der Waals surface area contributed by atoms with Gasteiger partial charge in [0.25, 0.3) is 0 Å². The van der Waals surface area contributed by atoms with E-state index >= 15 is 0 Å². The highest BCUT2D eigenvalue weighted by molar-refractivity contribution is 6.10. The summed E-state index contributed by atoms with van der Waals surface area (Å²) in [6.07, 6.45) is 8.40. The molecule has 2 unspecified atom stereocenters. The van der Waals surface area contributed by atoms with Crippen molar-refractivity contribution in [2.45, 2.75) is 6.92 Å². The maximum Gasteiger partial charge on any atom is 0.161 e. The smallest absolute Gasteiger partial charge is 0.161 e. The van der Waals surface area contributed by atoms with Crippen LogP contribution in [0.1, 0.15) is 12.5 Å². The van der Waals surface area contributed by atoms with Gasteiger partial charge in [0.05, 0.1) is 11.6 Å². The highest BCUT2D eigenvalue weighted by atomic mass is 15.3. The van der Waals surface area contributed by atoms with E-state index in [0.29, 0.717) is 5.92 Å². The molecule has 146 valence electrons. The van der Waals surface area contributed by atoms with Crippen molar-refractivity contribution < 1.29 is 0 Å². The third-order valence-corrected chi connectivity index (χ3v) is 5.87. The first-order chi connectivity index (χ1) is 14.3. The Morgan fingerprint density at radius 2 is 1.62 bits per heavy atom. The topological polar surface area (TPSA) is 44.1 Å². The van der Waals surface area contributed by atoms with Gasteiger partial charge < -0.3 is 9.80 Å². The van der Waals surface area contributed by atoms with Crippen LogP contribution in [-0.2, 0) is 0 Å². The summed E-state index contributed by atoms with van der Waals surface area (Å²) >= 11 is 0. The minimum atomic E-state index is 0.230. The van der Waals surface area contributed by atoms with E-state index in [9.17, 15) is 0 Å². The van der Waals surface area contributed by atoms with Crippen LogP contribution in [0.4, 0.5) is 5.82 Å². The fraction of sp³-hybridized carbons (Fsp3) is 0.292. The SMILES string of the molecule is CC1C=CC=C2N=C(c3ccccc3)N=C(N3CCN(c4ccccn4)CC3)C21. The fourth-order valence-electron chi connectivity index (χ4n) is 4.30. The van der Waals surface area contributed by atoms with Gasteiger partial charge in [0.1, 0.15) is 11.7 Å². The number of benzene rings is 1. The van der Waals surface area contributed by atoms with Crippen molar-refractivity contribution in [2.24, 2.45) is 21.8 Å². The summed E-state index contributed by atoms with van der Waals surface area (Å²) in [6, 6.07) is 16.4. The van der Waals surface area contributed by atoms with Crippen LogP contribution in [0, 0.1) is 11.8 Å². The van der Waals surface area contributed by atoms with Gasteiger partial charge in [-0.1, -0.05) is 55.5 Å². The Hall–Kier alpha value is -3.21. The van der Waals surface area contributed by atoms with Crippen LogP contribution < -0.4 is 4.90 Å². The first kappa shape index (κ1) is 17.9. The molecule has 5 nitrogen and oxygen atoms in total. The van der Waals surface area contributed by atoms with Crippen molar-refractivity contribution in [1.29, 1.82) is 0 Å². The van der Waals surface area contributed by atoms with Crippen LogP contribution in [-0.4, -0.2) is 47.7 Å². The number of hydrogen-bond donors (Lipinski definition) is 0. The molecule has 0 bridgehead atoms. The Morgan fingerprint density at radius 1 is 0.862 bits per heavy atom. The van der Waals surface area contributed by atoms with E-state index in [-0.39, 0.29) is 5.92 Å². The van der Waals surface area contributed by atoms with Crippen molar-refractivity contribution in [3.63, 3.8) is 0 Å². The number of allylic oxidation sites excluding steroid dienone is 3. The number of pyridine rings is 1. The molecule has 2 aromatic rings. The number of hydrogen-bond acceptors (Lipinski definition) is 5. The number of piperazine rings is 1. The molecule has 2 atom stereocenters. The van der Waals surface area contributed by atoms with Crippen molar-refractivity contribution in [2.75, 3.05) is 31.1 Å². The number of aromatic nitrogens is 1. The molecule has 0 spiro atoms. The van der Waals surface area contributed by atoms with Gasteiger partial charge in [0, 0.05) is 37.9 Å². The second-order valence-electron chi connectivity index (χ2n) is 7.75. The van der Waals surface area contributed by atoms with Gasteiger partial charge in [-0.2, -0.15) is 0 Å². The first-order valence-corrected chi connectivity index (χ1v) is 10.3. The molecule has 1 aliphatic carbocycles. The van der Waals surface area contributed by atoms with Gasteiger partial charge >= 0.3 is 0 Å². The lowest BCUT2D eigenvalue weighted by Crippen LogP contribution is -2.52. The number of amidine groups is 2. The summed E-state index contributed by atoms with van der Waals surface area (Å²) < 4.78 is 0. The molecule has 5 heteroatoms. The molecule has 0 radical (unpaired) electrons. The number of nitrogens with zero attached hydrogens (tertiary/aromatic N) is 5. The molecule has 3 aliphatic rings. The van der Waals surface area contributed by atoms with E-state index in [2.05, 4.69) is 64.2 Å².